The predicted molar refractivity (Wildman–Crippen MR) is 73.0 cm³/mol. The molecule has 1 rings (SSSR count). The molecule has 0 unspecified atom stereocenters. The van der Waals surface area contributed by atoms with Gasteiger partial charge in [-0.2, -0.15) is 0 Å². The third kappa shape index (κ3) is 5.74. The van der Waals surface area contributed by atoms with E-state index in [2.05, 4.69) is 0 Å². The topological polar surface area (TPSA) is 63.6 Å². The van der Waals surface area contributed by atoms with Gasteiger partial charge in [0.15, 0.2) is 4.58 Å². The highest BCUT2D eigenvalue weighted by Crippen LogP contribution is 2.51. The van der Waals surface area contributed by atoms with Crippen molar-refractivity contribution >= 4 is 47.2 Å². The number of hydrogen-bond acceptors (Lipinski definition) is 6. The molecule has 96 valence electrons. The number of carbonyl (C=O) groups excluding carboxylic acids is 1. The second-order valence-electron chi connectivity index (χ2n) is 4.24. The molecule has 0 saturated carbocycles. The number of carboxylic acid groups (broad SMARTS) is 1. The molecule has 17 heavy (non-hydrogen) atoms. The Morgan fingerprint density at radius 3 is 2.53 bits per heavy atom. The summed E-state index contributed by atoms with van der Waals surface area (Å²) in [5.41, 5.74) is -0.459. The van der Waals surface area contributed by atoms with Crippen LogP contribution in [-0.4, -0.2) is 33.0 Å². The zero-order valence-corrected chi connectivity index (χ0v) is 12.2. The van der Waals surface area contributed by atoms with Crippen molar-refractivity contribution in [3.8, 4) is 0 Å². The van der Waals surface area contributed by atoms with E-state index < -0.39 is 16.2 Å². The van der Waals surface area contributed by atoms with Crippen molar-refractivity contribution in [3.05, 3.63) is 9.65 Å². The molecule has 0 aromatic heterocycles. The van der Waals surface area contributed by atoms with E-state index in [1.54, 1.807) is 5.41 Å². The standard InChI is InChI=1S/C10H14O4S3/c1-10(2,3)14-6(11)4-15-5-7-16-9(17-7)8(12)13/h5,9H,4H2,1-3H3,(H,12,13). The van der Waals surface area contributed by atoms with Crippen molar-refractivity contribution in [1.29, 1.82) is 0 Å². The van der Waals surface area contributed by atoms with Gasteiger partial charge in [-0.3, -0.25) is 9.59 Å². The zero-order chi connectivity index (χ0) is 13.1. The monoisotopic (exact) mass is 294 g/mol. The van der Waals surface area contributed by atoms with Crippen LogP contribution >= 0.6 is 35.3 Å². The van der Waals surface area contributed by atoms with Crippen LogP contribution in [0.2, 0.25) is 0 Å². The number of aliphatic carboxylic acids is 1. The number of ether oxygens (including phenoxy) is 1. The Morgan fingerprint density at radius 1 is 1.47 bits per heavy atom. The summed E-state index contributed by atoms with van der Waals surface area (Å²) in [4.78, 5) is 21.9. The van der Waals surface area contributed by atoms with E-state index in [-0.39, 0.29) is 11.7 Å². The van der Waals surface area contributed by atoms with Crippen molar-refractivity contribution in [2.75, 3.05) is 5.75 Å². The molecule has 1 heterocycles. The van der Waals surface area contributed by atoms with Gasteiger partial charge in [-0.05, 0) is 26.2 Å². The van der Waals surface area contributed by atoms with Gasteiger partial charge in [-0.1, -0.05) is 23.5 Å². The maximum Gasteiger partial charge on any atom is 0.327 e. The average Bonchev–Trinajstić information content (AvgIpc) is 2.04. The lowest BCUT2D eigenvalue weighted by molar-refractivity contribution is -0.151. The second-order valence-corrected chi connectivity index (χ2v) is 7.95. The molecular weight excluding hydrogens is 280 g/mol. The largest absolute Gasteiger partial charge is 0.480 e. The van der Waals surface area contributed by atoms with Crippen molar-refractivity contribution < 1.29 is 19.4 Å². The van der Waals surface area contributed by atoms with Gasteiger partial charge >= 0.3 is 11.9 Å². The first-order chi connectivity index (χ1) is 7.78. The first kappa shape index (κ1) is 14.8. The van der Waals surface area contributed by atoms with Gasteiger partial charge in [0.25, 0.3) is 0 Å². The molecule has 0 aromatic carbocycles. The number of thioether (sulfide) groups is 3. The highest BCUT2D eigenvalue weighted by Gasteiger charge is 2.31. The summed E-state index contributed by atoms with van der Waals surface area (Å²) < 4.78 is 5.67. The molecule has 0 atom stereocenters. The Kier molecular flexibility index (Phi) is 5.27. The first-order valence-corrected chi connectivity index (χ1v) is 7.68. The van der Waals surface area contributed by atoms with Crippen molar-refractivity contribution in [2.24, 2.45) is 0 Å². The molecule has 1 saturated heterocycles. The minimum atomic E-state index is -0.811. The van der Waals surface area contributed by atoms with Crippen LogP contribution in [0.15, 0.2) is 9.65 Å². The Labute approximate surface area is 113 Å². The molecule has 0 aromatic rings. The lowest BCUT2D eigenvalue weighted by Gasteiger charge is -2.23. The van der Waals surface area contributed by atoms with Crippen LogP contribution in [0, 0.1) is 0 Å². The number of rotatable bonds is 4. The van der Waals surface area contributed by atoms with E-state index >= 15 is 0 Å². The molecule has 0 aliphatic carbocycles. The molecule has 0 amide bonds. The average molecular weight is 294 g/mol. The molecule has 1 aliphatic rings. The molecule has 1 N–H and O–H groups in total. The van der Waals surface area contributed by atoms with E-state index in [0.29, 0.717) is 0 Å². The molecule has 0 spiro atoms. The summed E-state index contributed by atoms with van der Waals surface area (Å²) >= 11 is 3.92. The summed E-state index contributed by atoms with van der Waals surface area (Å²) in [5, 5.41) is 10.4. The lowest BCUT2D eigenvalue weighted by Crippen LogP contribution is -2.24. The van der Waals surface area contributed by atoms with Crippen LogP contribution in [0.3, 0.4) is 0 Å². The highest BCUT2D eigenvalue weighted by atomic mass is 32.3. The van der Waals surface area contributed by atoms with Gasteiger partial charge < -0.3 is 9.84 Å². The van der Waals surface area contributed by atoms with Gasteiger partial charge in [0.2, 0.25) is 0 Å². The number of carbonyl (C=O) groups is 2. The third-order valence-corrected chi connectivity index (χ3v) is 5.24. The van der Waals surface area contributed by atoms with E-state index in [1.165, 1.54) is 35.3 Å². The smallest absolute Gasteiger partial charge is 0.327 e. The first-order valence-electron chi connectivity index (χ1n) is 4.88. The fourth-order valence-electron chi connectivity index (χ4n) is 0.925. The van der Waals surface area contributed by atoms with Gasteiger partial charge in [0, 0.05) is 4.24 Å². The summed E-state index contributed by atoms with van der Waals surface area (Å²) in [6, 6.07) is 0. The fourth-order valence-corrected chi connectivity index (χ4v) is 3.74. The second kappa shape index (κ2) is 6.06. The Bertz CT molecular complexity index is 338. The maximum atomic E-state index is 11.3. The molecule has 0 radical (unpaired) electrons. The number of carboxylic acids is 1. The molecule has 0 bridgehead atoms. The fraction of sp³-hybridized carbons (Fsp3) is 0.600. The summed E-state index contributed by atoms with van der Waals surface area (Å²) in [6.07, 6.45) is 0. The Hall–Kier alpha value is -0.270. The Morgan fingerprint density at radius 2 is 2.06 bits per heavy atom. The highest BCUT2D eigenvalue weighted by molar-refractivity contribution is 8.39. The van der Waals surface area contributed by atoms with Crippen LogP contribution in [0.5, 0.6) is 0 Å². The summed E-state index contributed by atoms with van der Waals surface area (Å²) in [5.74, 6) is -0.822. The summed E-state index contributed by atoms with van der Waals surface area (Å²) in [6.45, 7) is 5.47. The molecular formula is C10H14O4S3. The van der Waals surface area contributed by atoms with Gasteiger partial charge in [-0.15, -0.1) is 11.8 Å². The van der Waals surface area contributed by atoms with Crippen LogP contribution in [0.25, 0.3) is 0 Å². The van der Waals surface area contributed by atoms with Crippen LogP contribution in [0.4, 0.5) is 0 Å². The van der Waals surface area contributed by atoms with Gasteiger partial charge in [0.05, 0.1) is 5.75 Å². The van der Waals surface area contributed by atoms with E-state index in [4.69, 9.17) is 9.84 Å². The predicted octanol–water partition coefficient (Wildman–Crippen LogP) is 2.75. The number of esters is 1. The van der Waals surface area contributed by atoms with Gasteiger partial charge in [-0.25, -0.2) is 0 Å². The van der Waals surface area contributed by atoms with Crippen molar-refractivity contribution in [2.45, 2.75) is 31.0 Å². The normalized spacial score (nSPS) is 19.5. The van der Waals surface area contributed by atoms with Crippen molar-refractivity contribution in [3.63, 3.8) is 0 Å². The van der Waals surface area contributed by atoms with Crippen LogP contribution in [0.1, 0.15) is 20.8 Å². The minimum Gasteiger partial charge on any atom is -0.480 e. The SMILES string of the molecule is CC(C)(C)OC(=O)CSC=C1SC(C(=O)O)S1. The van der Waals surface area contributed by atoms with E-state index in [1.807, 2.05) is 20.8 Å². The molecule has 4 nitrogen and oxygen atoms in total. The Balaban J connectivity index is 2.19. The van der Waals surface area contributed by atoms with E-state index in [9.17, 15) is 9.59 Å². The summed E-state index contributed by atoms with van der Waals surface area (Å²) in [7, 11) is 0. The molecule has 1 aliphatic heterocycles. The van der Waals surface area contributed by atoms with Crippen LogP contribution in [-0.2, 0) is 14.3 Å². The van der Waals surface area contributed by atoms with Gasteiger partial charge in [0.1, 0.15) is 5.60 Å². The van der Waals surface area contributed by atoms with Crippen LogP contribution < -0.4 is 0 Å². The lowest BCUT2D eigenvalue weighted by atomic mass is 10.2. The molecule has 7 heteroatoms. The zero-order valence-electron chi connectivity index (χ0n) is 9.76. The minimum absolute atomic E-state index is 0.250. The quantitative estimate of drug-likeness (QED) is 0.800. The molecule has 1 fully saturated rings. The third-order valence-electron chi connectivity index (χ3n) is 1.45. The maximum absolute atomic E-state index is 11.3. The van der Waals surface area contributed by atoms with Crippen molar-refractivity contribution in [1.82, 2.24) is 0 Å². The van der Waals surface area contributed by atoms with E-state index in [0.717, 1.165) is 4.24 Å². The number of hydrogen-bond donors (Lipinski definition) is 1.